The minimum Gasteiger partial charge on any atom is -0.409 e. The van der Waals surface area contributed by atoms with Gasteiger partial charge in [0.1, 0.15) is 5.54 Å². The Morgan fingerprint density at radius 3 is 2.10 bits per heavy atom. The van der Waals surface area contributed by atoms with Crippen molar-refractivity contribution in [1.82, 2.24) is 24.9 Å². The standard InChI is InChI=1S/C25H13ClF14N6O2/c1-45-19(46-8-11(7-42-46)10-2-3-13(26)12(6-10)17(47)43-20(9-41)4-5-20)14(22(30,31)32)18(44-45)48-25(39,40)21(29,24(36,37)38)15(27)16(28)23(33,34)35/h2-3,6-8H,4-5H2,1H3,(H,43,47). The van der Waals surface area contributed by atoms with Gasteiger partial charge in [-0.25, -0.2) is 18.1 Å². The fourth-order valence-electron chi connectivity index (χ4n) is 4.10. The fourth-order valence-corrected chi connectivity index (χ4v) is 4.30. The highest BCUT2D eigenvalue weighted by Crippen LogP contribution is 2.54. The van der Waals surface area contributed by atoms with Gasteiger partial charge in [-0.1, -0.05) is 17.7 Å². The Morgan fingerprint density at radius 1 is 1.00 bits per heavy atom. The van der Waals surface area contributed by atoms with E-state index in [1.807, 2.05) is 6.07 Å². The van der Waals surface area contributed by atoms with Crippen molar-refractivity contribution in [3.8, 4) is 28.9 Å². The Balaban J connectivity index is 1.79. The number of ether oxygens (including phenoxy) is 1. The molecule has 1 N–H and O–H groups in total. The van der Waals surface area contributed by atoms with Gasteiger partial charge < -0.3 is 10.1 Å². The molecule has 0 aliphatic heterocycles. The van der Waals surface area contributed by atoms with Crippen LogP contribution in [0.15, 0.2) is 42.2 Å². The minimum atomic E-state index is -7.45. The van der Waals surface area contributed by atoms with Crippen LogP contribution in [0, 0.1) is 11.3 Å². The number of hydrogen-bond acceptors (Lipinski definition) is 5. The van der Waals surface area contributed by atoms with E-state index in [0.29, 0.717) is 19.9 Å². The zero-order valence-corrected chi connectivity index (χ0v) is 23.8. The molecule has 1 aliphatic rings. The van der Waals surface area contributed by atoms with Gasteiger partial charge in [-0.15, -0.1) is 5.10 Å². The van der Waals surface area contributed by atoms with E-state index in [1.165, 1.54) is 12.1 Å². The Kier molecular flexibility index (Phi) is 8.74. The molecule has 3 aromatic rings. The topological polar surface area (TPSA) is 97.8 Å². The van der Waals surface area contributed by atoms with Crippen molar-refractivity contribution >= 4 is 17.5 Å². The van der Waals surface area contributed by atoms with Crippen LogP contribution in [-0.4, -0.2) is 55.1 Å². The summed E-state index contributed by atoms with van der Waals surface area (Å²) in [5.74, 6) is -14.2. The summed E-state index contributed by atoms with van der Waals surface area (Å²) in [4.78, 5) is 12.7. The van der Waals surface area contributed by atoms with Gasteiger partial charge in [0.2, 0.25) is 5.83 Å². The Bertz CT molecular complexity index is 1830. The number of allylic oxidation sites excluding steroid dienone is 1. The summed E-state index contributed by atoms with van der Waals surface area (Å²) < 4.78 is 194. The number of carbonyl (C=O) groups excluding carboxylic acids is 1. The SMILES string of the molecule is Cn1nc(OC(F)(F)C(F)(C(F)=C(F)C(F)(F)F)C(F)(F)F)c(C(F)(F)F)c1-n1cc(-c2ccc(Cl)c(C(=O)NC3(C#N)CC3)c2)cn1. The van der Waals surface area contributed by atoms with Gasteiger partial charge in [0.25, 0.3) is 11.8 Å². The zero-order valence-electron chi connectivity index (χ0n) is 23.0. The third-order valence-corrected chi connectivity index (χ3v) is 7.02. The lowest BCUT2D eigenvalue weighted by Gasteiger charge is -2.32. The van der Waals surface area contributed by atoms with Gasteiger partial charge >= 0.3 is 30.3 Å². The number of nitriles is 1. The predicted octanol–water partition coefficient (Wildman–Crippen LogP) is 7.69. The highest BCUT2D eigenvalue weighted by Gasteiger charge is 2.79. The molecule has 23 heteroatoms. The summed E-state index contributed by atoms with van der Waals surface area (Å²) in [6, 6.07) is 5.48. The van der Waals surface area contributed by atoms with Gasteiger partial charge in [0.15, 0.2) is 17.2 Å². The molecule has 2 heterocycles. The number of nitrogens with zero attached hydrogens (tertiary/aromatic N) is 5. The van der Waals surface area contributed by atoms with Crippen LogP contribution in [0.1, 0.15) is 28.8 Å². The molecule has 260 valence electrons. The zero-order chi connectivity index (χ0) is 36.4. The second kappa shape index (κ2) is 11.6. The van der Waals surface area contributed by atoms with E-state index in [1.54, 1.807) is 0 Å². The number of halogens is 15. The average Bonchev–Trinajstić information content (AvgIpc) is 3.40. The second-order valence-corrected chi connectivity index (χ2v) is 10.4. The van der Waals surface area contributed by atoms with Crippen molar-refractivity contribution in [3.63, 3.8) is 0 Å². The minimum absolute atomic E-state index is 0.0265. The van der Waals surface area contributed by atoms with Crippen molar-refractivity contribution in [1.29, 1.82) is 5.26 Å². The third-order valence-electron chi connectivity index (χ3n) is 6.69. The number of benzene rings is 1. The first-order chi connectivity index (χ1) is 21.8. The highest BCUT2D eigenvalue weighted by atomic mass is 35.5. The largest absolute Gasteiger partial charge is 0.450 e. The van der Waals surface area contributed by atoms with Crippen LogP contribution in [0.25, 0.3) is 16.9 Å². The molecule has 1 aromatic carbocycles. The summed E-state index contributed by atoms with van der Waals surface area (Å²) in [6.45, 7) is 0. The van der Waals surface area contributed by atoms with E-state index < -0.39 is 70.7 Å². The third kappa shape index (κ3) is 6.34. The predicted molar refractivity (Wildman–Crippen MR) is 132 cm³/mol. The molecule has 0 spiro atoms. The molecule has 1 aliphatic carbocycles. The molecule has 1 saturated carbocycles. The second-order valence-electron chi connectivity index (χ2n) is 10.0. The molecule has 1 fully saturated rings. The van der Waals surface area contributed by atoms with Gasteiger partial charge in [-0.3, -0.25) is 4.79 Å². The first-order valence-corrected chi connectivity index (χ1v) is 12.9. The van der Waals surface area contributed by atoms with E-state index >= 15 is 0 Å². The number of aromatic nitrogens is 4. The van der Waals surface area contributed by atoms with Gasteiger partial charge in [0.05, 0.1) is 22.9 Å². The number of nitrogens with one attached hydrogen (secondary N) is 1. The maximum atomic E-state index is 14.7. The lowest BCUT2D eigenvalue weighted by molar-refractivity contribution is -0.350. The molecule has 2 aromatic heterocycles. The number of hydrogen-bond donors (Lipinski definition) is 1. The van der Waals surface area contributed by atoms with Crippen LogP contribution < -0.4 is 10.1 Å². The summed E-state index contributed by atoms with van der Waals surface area (Å²) in [5.41, 5.74) is -11.2. The first-order valence-electron chi connectivity index (χ1n) is 12.5. The van der Waals surface area contributed by atoms with Crippen LogP contribution in [0.3, 0.4) is 0 Å². The van der Waals surface area contributed by atoms with Crippen molar-refractivity contribution in [2.45, 2.75) is 48.7 Å². The number of carbonyl (C=O) groups is 1. The fraction of sp³-hybridized carbons (Fsp3) is 0.360. The molecule has 8 nitrogen and oxygen atoms in total. The van der Waals surface area contributed by atoms with E-state index in [2.05, 4.69) is 20.3 Å². The van der Waals surface area contributed by atoms with Crippen molar-refractivity contribution in [2.24, 2.45) is 7.05 Å². The maximum Gasteiger partial charge on any atom is 0.450 e. The van der Waals surface area contributed by atoms with Crippen LogP contribution in [-0.2, 0) is 13.2 Å². The summed E-state index contributed by atoms with van der Waals surface area (Å²) in [7, 11) is 0.570. The maximum absolute atomic E-state index is 14.7. The van der Waals surface area contributed by atoms with E-state index in [9.17, 15) is 71.5 Å². The molecule has 0 bridgehead atoms. The lowest BCUT2D eigenvalue weighted by atomic mass is 10.0. The van der Waals surface area contributed by atoms with Crippen molar-refractivity contribution in [3.05, 3.63) is 58.4 Å². The van der Waals surface area contributed by atoms with E-state index in [0.717, 1.165) is 18.5 Å². The average molecular weight is 731 g/mol. The van der Waals surface area contributed by atoms with Gasteiger partial charge in [-0.2, -0.15) is 63.0 Å². The molecule has 1 atom stereocenters. The smallest absolute Gasteiger partial charge is 0.409 e. The van der Waals surface area contributed by atoms with Crippen molar-refractivity contribution in [2.75, 3.05) is 0 Å². The Morgan fingerprint density at radius 2 is 1.60 bits per heavy atom. The number of alkyl halides is 12. The normalized spacial score (nSPS) is 16.9. The van der Waals surface area contributed by atoms with E-state index in [4.69, 9.17) is 11.6 Å². The summed E-state index contributed by atoms with van der Waals surface area (Å²) in [5, 5.41) is 17.9. The summed E-state index contributed by atoms with van der Waals surface area (Å²) in [6.07, 6.45) is -24.9. The monoisotopic (exact) mass is 730 g/mol. The lowest BCUT2D eigenvalue weighted by Crippen LogP contribution is -2.59. The summed E-state index contributed by atoms with van der Waals surface area (Å²) >= 11 is 6.06. The molecule has 48 heavy (non-hydrogen) atoms. The molecular weight excluding hydrogens is 718 g/mol. The molecule has 1 amide bonds. The van der Waals surface area contributed by atoms with E-state index in [-0.39, 0.29) is 31.1 Å². The quantitative estimate of drug-likeness (QED) is 0.240. The molecule has 0 saturated heterocycles. The molecule has 0 radical (unpaired) electrons. The Hall–Kier alpha value is -4.55. The number of amides is 1. The first kappa shape index (κ1) is 36.3. The number of rotatable bonds is 8. The molecule has 1 unspecified atom stereocenters. The van der Waals surface area contributed by atoms with Crippen molar-refractivity contribution < 1.29 is 71.0 Å². The Labute approximate surface area is 262 Å². The molecular formula is C25H13ClF14N6O2. The molecule has 4 rings (SSSR count). The van der Waals surface area contributed by atoms with Crippen LogP contribution >= 0.6 is 11.6 Å². The van der Waals surface area contributed by atoms with Crippen LogP contribution in [0.4, 0.5) is 61.5 Å². The number of aryl methyl sites for hydroxylation is 1. The van der Waals surface area contributed by atoms with Crippen LogP contribution in [0.2, 0.25) is 5.02 Å². The van der Waals surface area contributed by atoms with Crippen LogP contribution in [0.5, 0.6) is 5.88 Å². The van der Waals surface area contributed by atoms with Gasteiger partial charge in [0, 0.05) is 18.8 Å². The highest BCUT2D eigenvalue weighted by molar-refractivity contribution is 6.34. The van der Waals surface area contributed by atoms with Gasteiger partial charge in [-0.05, 0) is 30.5 Å².